The lowest BCUT2D eigenvalue weighted by atomic mass is 10.2. The van der Waals surface area contributed by atoms with E-state index in [4.69, 9.17) is 11.6 Å². The highest BCUT2D eigenvalue weighted by Crippen LogP contribution is 2.36. The van der Waals surface area contributed by atoms with Crippen molar-refractivity contribution < 1.29 is 21.6 Å². The van der Waals surface area contributed by atoms with E-state index in [2.05, 4.69) is 35.3 Å². The molecule has 198 valence electrons. The van der Waals surface area contributed by atoms with Gasteiger partial charge in [-0.25, -0.2) is 36.8 Å². The van der Waals surface area contributed by atoms with Crippen LogP contribution in [0.1, 0.15) is 16.1 Å². The number of pyridine rings is 1. The maximum atomic E-state index is 12.9. The summed E-state index contributed by atoms with van der Waals surface area (Å²) >= 11 is 7.29. The zero-order valence-electron chi connectivity index (χ0n) is 20.1. The van der Waals surface area contributed by atoms with Crippen molar-refractivity contribution in [2.24, 2.45) is 0 Å². The number of carbonyl (C=O) groups excluding carboxylic acids is 1. The number of hydrogen-bond acceptors (Lipinski definition) is 11. The van der Waals surface area contributed by atoms with Gasteiger partial charge < -0.3 is 5.32 Å². The molecule has 38 heavy (non-hydrogen) atoms. The number of carbonyl (C=O) groups is 1. The number of amides is 1. The van der Waals surface area contributed by atoms with Crippen LogP contribution in [0.3, 0.4) is 0 Å². The van der Waals surface area contributed by atoms with Crippen LogP contribution in [0.15, 0.2) is 58.8 Å². The van der Waals surface area contributed by atoms with E-state index in [9.17, 15) is 21.6 Å². The number of aromatic nitrogens is 4. The molecule has 0 atom stereocenters. The fraction of sp³-hybridized carbons (Fsp3) is 0.136. The van der Waals surface area contributed by atoms with Crippen molar-refractivity contribution in [2.45, 2.75) is 17.0 Å². The first kappa shape index (κ1) is 27.4. The number of nitrogens with one attached hydrogen (secondary N) is 3. The highest BCUT2D eigenvalue weighted by atomic mass is 35.5. The number of nitrogens with zero attached hydrogens (tertiary/aromatic N) is 4. The fourth-order valence-corrected chi connectivity index (χ4v) is 5.96. The standard InChI is InChI=1S/C22H20ClN7O5S3/c1-12-17(13-9-16(18(23)25-10-13)30-38(34,35)14-7-5-4-6-8-14)36-21(27-12)29-20(31)15-11-26-22(37(3,32)33)28-19(15)24-2/h4-11,30H,1-3H3,(H,24,26,28)(H,27,29,31). The molecule has 3 heterocycles. The molecule has 3 aromatic heterocycles. The van der Waals surface area contributed by atoms with E-state index in [0.29, 0.717) is 16.1 Å². The monoisotopic (exact) mass is 593 g/mol. The van der Waals surface area contributed by atoms with E-state index >= 15 is 0 Å². The molecule has 0 bridgehead atoms. The summed E-state index contributed by atoms with van der Waals surface area (Å²) < 4.78 is 51.4. The topological polar surface area (TPSA) is 173 Å². The van der Waals surface area contributed by atoms with Gasteiger partial charge in [-0.2, -0.15) is 0 Å². The zero-order chi connectivity index (χ0) is 27.7. The second kappa shape index (κ2) is 10.6. The Morgan fingerprint density at radius 2 is 1.74 bits per heavy atom. The smallest absolute Gasteiger partial charge is 0.262 e. The van der Waals surface area contributed by atoms with Crippen molar-refractivity contribution in [1.82, 2.24) is 19.9 Å². The summed E-state index contributed by atoms with van der Waals surface area (Å²) in [6.45, 7) is 1.72. The van der Waals surface area contributed by atoms with Crippen LogP contribution in [-0.2, 0) is 19.9 Å². The van der Waals surface area contributed by atoms with Crippen LogP contribution in [0.4, 0.5) is 16.6 Å². The number of aryl methyl sites for hydroxylation is 1. The summed E-state index contributed by atoms with van der Waals surface area (Å²) in [4.78, 5) is 29.7. The minimum atomic E-state index is -3.90. The lowest BCUT2D eigenvalue weighted by molar-refractivity contribution is 0.102. The summed E-state index contributed by atoms with van der Waals surface area (Å²) in [5.74, 6) is -0.580. The van der Waals surface area contributed by atoms with Crippen LogP contribution in [-0.4, -0.2) is 56.0 Å². The molecule has 0 unspecified atom stereocenters. The number of sulfone groups is 1. The minimum Gasteiger partial charge on any atom is -0.372 e. The maximum absolute atomic E-state index is 12.9. The Bertz CT molecular complexity index is 1740. The molecule has 0 radical (unpaired) electrons. The summed E-state index contributed by atoms with van der Waals surface area (Å²) in [6, 6.07) is 9.34. The van der Waals surface area contributed by atoms with Gasteiger partial charge in [0.15, 0.2) is 10.3 Å². The predicted molar refractivity (Wildman–Crippen MR) is 145 cm³/mol. The molecule has 0 aliphatic heterocycles. The van der Waals surface area contributed by atoms with Crippen LogP contribution in [0, 0.1) is 6.92 Å². The van der Waals surface area contributed by atoms with E-state index in [1.54, 1.807) is 25.1 Å². The first-order chi connectivity index (χ1) is 17.9. The lowest BCUT2D eigenvalue weighted by Gasteiger charge is -2.10. The van der Waals surface area contributed by atoms with Gasteiger partial charge in [0, 0.05) is 31.3 Å². The molecule has 16 heteroatoms. The molecule has 0 aliphatic rings. The van der Waals surface area contributed by atoms with Crippen LogP contribution in [0.2, 0.25) is 5.15 Å². The first-order valence-corrected chi connectivity index (χ1v) is 15.2. The van der Waals surface area contributed by atoms with Crippen LogP contribution < -0.4 is 15.4 Å². The molecule has 0 saturated carbocycles. The zero-order valence-corrected chi connectivity index (χ0v) is 23.3. The van der Waals surface area contributed by atoms with Crippen LogP contribution in [0.25, 0.3) is 10.4 Å². The molecule has 0 fully saturated rings. The molecule has 4 rings (SSSR count). The number of sulfonamides is 1. The van der Waals surface area contributed by atoms with Gasteiger partial charge in [0.2, 0.25) is 15.0 Å². The summed E-state index contributed by atoms with van der Waals surface area (Å²) in [7, 11) is -6.08. The Kier molecular flexibility index (Phi) is 7.64. The lowest BCUT2D eigenvalue weighted by Crippen LogP contribution is -2.17. The second-order valence-corrected chi connectivity index (χ2v) is 12.8. The maximum Gasteiger partial charge on any atom is 0.262 e. The summed E-state index contributed by atoms with van der Waals surface area (Å²) in [5, 5.41) is 5.11. The normalized spacial score (nSPS) is 11.7. The molecule has 0 saturated heterocycles. The molecule has 0 aliphatic carbocycles. The van der Waals surface area contributed by atoms with Crippen molar-refractivity contribution in [1.29, 1.82) is 0 Å². The molecule has 1 amide bonds. The molecule has 12 nitrogen and oxygen atoms in total. The van der Waals surface area contributed by atoms with Gasteiger partial charge in [-0.3, -0.25) is 14.8 Å². The van der Waals surface area contributed by atoms with Gasteiger partial charge in [-0.15, -0.1) is 0 Å². The summed E-state index contributed by atoms with van der Waals surface area (Å²) in [5.41, 5.74) is 1.16. The Morgan fingerprint density at radius 3 is 2.39 bits per heavy atom. The quantitative estimate of drug-likeness (QED) is 0.203. The number of halogens is 1. The van der Waals surface area contributed by atoms with Gasteiger partial charge in [0.1, 0.15) is 11.4 Å². The van der Waals surface area contributed by atoms with Crippen molar-refractivity contribution in [2.75, 3.05) is 28.7 Å². The number of anilines is 3. The third kappa shape index (κ3) is 5.91. The van der Waals surface area contributed by atoms with Gasteiger partial charge in [-0.05, 0) is 25.1 Å². The molecule has 4 aromatic rings. The average molecular weight is 594 g/mol. The number of rotatable bonds is 8. The third-order valence-corrected chi connectivity index (χ3v) is 8.66. The van der Waals surface area contributed by atoms with Crippen molar-refractivity contribution in [3.63, 3.8) is 0 Å². The van der Waals surface area contributed by atoms with E-state index in [1.807, 2.05) is 0 Å². The summed E-state index contributed by atoms with van der Waals surface area (Å²) in [6.07, 6.45) is 3.54. The van der Waals surface area contributed by atoms with E-state index in [0.717, 1.165) is 23.8 Å². The number of thiazole rings is 1. The number of hydrogen-bond donors (Lipinski definition) is 3. The minimum absolute atomic E-state index is 0.0140. The molecule has 3 N–H and O–H groups in total. The van der Waals surface area contributed by atoms with Crippen LogP contribution in [0.5, 0.6) is 0 Å². The molecular weight excluding hydrogens is 574 g/mol. The molecular formula is C22H20ClN7O5S3. The Hall–Kier alpha value is -3.66. The van der Waals surface area contributed by atoms with Gasteiger partial charge in [0.05, 0.1) is 21.2 Å². The van der Waals surface area contributed by atoms with Crippen molar-refractivity contribution >= 4 is 65.3 Å². The highest BCUT2D eigenvalue weighted by molar-refractivity contribution is 7.92. The average Bonchev–Trinajstić information content (AvgIpc) is 3.24. The largest absolute Gasteiger partial charge is 0.372 e. The Labute approximate surface area is 227 Å². The highest BCUT2D eigenvalue weighted by Gasteiger charge is 2.21. The molecule has 0 spiro atoms. The predicted octanol–water partition coefficient (Wildman–Crippen LogP) is 3.46. The number of benzene rings is 1. The molecule has 1 aromatic carbocycles. The van der Waals surface area contributed by atoms with E-state index < -0.39 is 30.9 Å². The SMILES string of the molecule is CNc1nc(S(C)(=O)=O)ncc1C(=O)Nc1nc(C)c(-c2cnc(Cl)c(NS(=O)(=O)c3ccccc3)c2)s1. The first-order valence-electron chi connectivity index (χ1n) is 10.7. The Balaban J connectivity index is 1.60. The fourth-order valence-electron chi connectivity index (χ4n) is 3.23. The Morgan fingerprint density at radius 1 is 1.03 bits per heavy atom. The third-order valence-electron chi connectivity index (χ3n) is 5.00. The van der Waals surface area contributed by atoms with E-state index in [1.165, 1.54) is 31.4 Å². The van der Waals surface area contributed by atoms with Crippen LogP contribution >= 0.6 is 22.9 Å². The van der Waals surface area contributed by atoms with Crippen molar-refractivity contribution in [3.05, 3.63) is 65.2 Å². The van der Waals surface area contributed by atoms with Gasteiger partial charge >= 0.3 is 0 Å². The van der Waals surface area contributed by atoms with E-state index in [-0.39, 0.29) is 32.2 Å². The van der Waals surface area contributed by atoms with Gasteiger partial charge in [0.25, 0.3) is 15.9 Å². The second-order valence-electron chi connectivity index (χ2n) is 7.81. The van der Waals surface area contributed by atoms with Crippen molar-refractivity contribution in [3.8, 4) is 10.4 Å². The van der Waals surface area contributed by atoms with Gasteiger partial charge in [-0.1, -0.05) is 41.1 Å².